The van der Waals surface area contributed by atoms with Crippen molar-refractivity contribution in [2.24, 2.45) is 11.7 Å². The fourth-order valence-electron chi connectivity index (χ4n) is 2.84. The van der Waals surface area contributed by atoms with Crippen molar-refractivity contribution in [1.82, 2.24) is 4.90 Å². The Morgan fingerprint density at radius 1 is 1.36 bits per heavy atom. The van der Waals surface area contributed by atoms with Crippen molar-refractivity contribution in [1.29, 1.82) is 0 Å². The Kier molecular flexibility index (Phi) is 6.36. The van der Waals surface area contributed by atoms with Crippen molar-refractivity contribution in [3.63, 3.8) is 0 Å². The molecule has 1 aliphatic heterocycles. The predicted octanol–water partition coefficient (Wildman–Crippen LogP) is 1.72. The summed E-state index contributed by atoms with van der Waals surface area (Å²) in [6.45, 7) is 5.03. The van der Waals surface area contributed by atoms with Crippen molar-refractivity contribution in [3.05, 3.63) is 30.1 Å². The number of primary amides is 1. The molecule has 1 heterocycles. The number of nitrogens with two attached hydrogens (primary N) is 1. The van der Waals surface area contributed by atoms with Crippen molar-refractivity contribution in [2.45, 2.75) is 32.3 Å². The van der Waals surface area contributed by atoms with E-state index in [2.05, 4.69) is 0 Å². The molecule has 6 nitrogen and oxygen atoms in total. The van der Waals surface area contributed by atoms with Crippen molar-refractivity contribution in [3.8, 4) is 5.75 Å². The smallest absolute Gasteiger partial charge is 0.223 e. The lowest BCUT2D eigenvalue weighted by Gasteiger charge is -2.42. The van der Waals surface area contributed by atoms with Crippen molar-refractivity contribution >= 4 is 11.8 Å². The Hall–Kier alpha value is -2.15. The summed E-state index contributed by atoms with van der Waals surface area (Å²) >= 11 is 0. The van der Waals surface area contributed by atoms with Gasteiger partial charge in [-0.05, 0) is 30.2 Å². The zero-order valence-corrected chi connectivity index (χ0v) is 14.7. The van der Waals surface area contributed by atoms with E-state index in [0.717, 1.165) is 0 Å². The maximum atomic E-state index is 13.0. The number of benzene rings is 1. The minimum atomic E-state index is -0.995. The van der Waals surface area contributed by atoms with Crippen LogP contribution in [-0.4, -0.2) is 48.6 Å². The first-order valence-electron chi connectivity index (χ1n) is 8.38. The molecule has 0 saturated carbocycles. The molecule has 2 amide bonds. The summed E-state index contributed by atoms with van der Waals surface area (Å²) in [5.41, 5.74) is 4.38. The number of hydrogen-bond acceptors (Lipinski definition) is 4. The number of carbonyl (C=O) groups is 2. The van der Waals surface area contributed by atoms with E-state index in [1.54, 1.807) is 4.90 Å². The third-order valence-electron chi connectivity index (χ3n) is 4.00. The SMILES string of the molecule is CC(C)CC(=O)N1CCOC(COc2ccc(F)cc2)(CC(N)=O)C1. The van der Waals surface area contributed by atoms with Crippen LogP contribution in [0.15, 0.2) is 24.3 Å². The fourth-order valence-corrected chi connectivity index (χ4v) is 2.84. The molecule has 1 fully saturated rings. The molecule has 1 saturated heterocycles. The van der Waals surface area contributed by atoms with Crippen LogP contribution >= 0.6 is 0 Å². The van der Waals surface area contributed by atoms with Crippen LogP contribution < -0.4 is 10.5 Å². The van der Waals surface area contributed by atoms with Gasteiger partial charge in [0.05, 0.1) is 19.6 Å². The van der Waals surface area contributed by atoms with Crippen LogP contribution in [0, 0.1) is 11.7 Å². The summed E-state index contributed by atoms with van der Waals surface area (Å²) in [5, 5.41) is 0. The zero-order chi connectivity index (χ0) is 18.4. The molecule has 1 unspecified atom stereocenters. The number of amides is 2. The van der Waals surface area contributed by atoms with Crippen LogP contribution in [0.2, 0.25) is 0 Å². The van der Waals surface area contributed by atoms with E-state index in [1.807, 2.05) is 13.8 Å². The molecular weight excluding hydrogens is 327 g/mol. The van der Waals surface area contributed by atoms with Crippen LogP contribution in [0.1, 0.15) is 26.7 Å². The van der Waals surface area contributed by atoms with Gasteiger partial charge in [0.2, 0.25) is 11.8 Å². The van der Waals surface area contributed by atoms with Gasteiger partial charge in [0.25, 0.3) is 0 Å². The van der Waals surface area contributed by atoms with Gasteiger partial charge in [0, 0.05) is 13.0 Å². The second-order valence-corrected chi connectivity index (χ2v) is 6.83. The summed E-state index contributed by atoms with van der Waals surface area (Å²) < 4.78 is 24.5. The number of morpholine rings is 1. The Labute approximate surface area is 147 Å². The van der Waals surface area contributed by atoms with Gasteiger partial charge >= 0.3 is 0 Å². The van der Waals surface area contributed by atoms with Crippen LogP contribution in [-0.2, 0) is 14.3 Å². The molecule has 2 rings (SSSR count). The van der Waals surface area contributed by atoms with Crippen LogP contribution in [0.3, 0.4) is 0 Å². The number of hydrogen-bond donors (Lipinski definition) is 1. The first-order chi connectivity index (χ1) is 11.8. The fraction of sp³-hybridized carbons (Fsp3) is 0.556. The first-order valence-corrected chi connectivity index (χ1v) is 8.38. The van der Waals surface area contributed by atoms with Crippen molar-refractivity contribution in [2.75, 3.05) is 26.3 Å². The van der Waals surface area contributed by atoms with Gasteiger partial charge in [-0.25, -0.2) is 4.39 Å². The Morgan fingerprint density at radius 3 is 2.64 bits per heavy atom. The normalized spacial score (nSPS) is 20.6. The quantitative estimate of drug-likeness (QED) is 0.810. The number of nitrogens with zero attached hydrogens (tertiary/aromatic N) is 1. The average Bonchev–Trinajstić information content (AvgIpc) is 2.53. The summed E-state index contributed by atoms with van der Waals surface area (Å²) in [6, 6.07) is 5.57. The van der Waals surface area contributed by atoms with Crippen LogP contribution in [0.25, 0.3) is 0 Å². The third kappa shape index (κ3) is 5.70. The molecule has 0 aliphatic carbocycles. The predicted molar refractivity (Wildman–Crippen MR) is 90.4 cm³/mol. The molecule has 1 aliphatic rings. The molecule has 2 N–H and O–H groups in total. The van der Waals surface area contributed by atoms with Crippen LogP contribution in [0.4, 0.5) is 4.39 Å². The molecule has 0 bridgehead atoms. The lowest BCUT2D eigenvalue weighted by molar-refractivity contribution is -0.162. The largest absolute Gasteiger partial charge is 0.490 e. The Morgan fingerprint density at radius 2 is 2.04 bits per heavy atom. The lowest BCUT2D eigenvalue weighted by Crippen LogP contribution is -2.58. The number of rotatable bonds is 7. The van der Waals surface area contributed by atoms with Crippen molar-refractivity contribution < 1.29 is 23.5 Å². The number of carbonyl (C=O) groups excluding carboxylic acids is 2. The maximum Gasteiger partial charge on any atom is 0.223 e. The van der Waals surface area contributed by atoms with E-state index in [0.29, 0.717) is 25.3 Å². The molecule has 25 heavy (non-hydrogen) atoms. The number of ether oxygens (including phenoxy) is 2. The summed E-state index contributed by atoms with van der Waals surface area (Å²) in [7, 11) is 0. The zero-order valence-electron chi connectivity index (χ0n) is 14.7. The van der Waals surface area contributed by atoms with Gasteiger partial charge in [0.15, 0.2) is 0 Å². The molecule has 138 valence electrons. The molecule has 7 heteroatoms. The van der Waals surface area contributed by atoms with Gasteiger partial charge in [0.1, 0.15) is 23.8 Å². The monoisotopic (exact) mass is 352 g/mol. The van der Waals surface area contributed by atoms with E-state index in [1.165, 1.54) is 24.3 Å². The second kappa shape index (κ2) is 8.29. The molecule has 0 radical (unpaired) electrons. The van der Waals surface area contributed by atoms with E-state index < -0.39 is 11.5 Å². The molecular formula is C18H25FN2O4. The highest BCUT2D eigenvalue weighted by Crippen LogP contribution is 2.25. The van der Waals surface area contributed by atoms with E-state index in [-0.39, 0.29) is 37.2 Å². The molecule has 1 aromatic rings. The van der Waals surface area contributed by atoms with E-state index in [4.69, 9.17) is 15.2 Å². The third-order valence-corrected chi connectivity index (χ3v) is 4.00. The summed E-state index contributed by atoms with van der Waals surface area (Å²) in [5.74, 6) is -0.163. The molecule has 1 aromatic carbocycles. The minimum absolute atomic E-state index is 0.0222. The average molecular weight is 352 g/mol. The highest BCUT2D eigenvalue weighted by atomic mass is 19.1. The Balaban J connectivity index is 2.08. The molecule has 1 atom stereocenters. The lowest BCUT2D eigenvalue weighted by atomic mass is 9.96. The summed E-state index contributed by atoms with van der Waals surface area (Å²) in [6.07, 6.45) is 0.380. The maximum absolute atomic E-state index is 13.0. The van der Waals surface area contributed by atoms with Crippen LogP contribution in [0.5, 0.6) is 5.75 Å². The highest BCUT2D eigenvalue weighted by Gasteiger charge is 2.40. The highest BCUT2D eigenvalue weighted by molar-refractivity contribution is 5.77. The molecule has 0 spiro atoms. The van der Waals surface area contributed by atoms with E-state index in [9.17, 15) is 14.0 Å². The standard InChI is InChI=1S/C18H25FN2O4/c1-13(2)9-17(23)21-7-8-25-18(11-21,10-16(20)22)12-24-15-5-3-14(19)4-6-15/h3-6,13H,7-12H2,1-2H3,(H2,20,22). The number of halogens is 1. The van der Waals surface area contributed by atoms with Gasteiger partial charge in [-0.15, -0.1) is 0 Å². The Bertz CT molecular complexity index is 606. The van der Waals surface area contributed by atoms with Gasteiger partial charge in [-0.1, -0.05) is 13.8 Å². The van der Waals surface area contributed by atoms with E-state index >= 15 is 0 Å². The molecule has 0 aromatic heterocycles. The summed E-state index contributed by atoms with van der Waals surface area (Å²) in [4.78, 5) is 25.6. The minimum Gasteiger partial charge on any atom is -0.490 e. The van der Waals surface area contributed by atoms with Gasteiger partial charge in [-0.2, -0.15) is 0 Å². The second-order valence-electron chi connectivity index (χ2n) is 6.83. The van der Waals surface area contributed by atoms with Gasteiger partial charge in [-0.3, -0.25) is 9.59 Å². The first kappa shape index (κ1) is 19.2. The topological polar surface area (TPSA) is 81.9 Å². The van der Waals surface area contributed by atoms with Gasteiger partial charge < -0.3 is 20.1 Å².